The first-order valence-electron chi connectivity index (χ1n) is 5.52. The van der Waals surface area contributed by atoms with Gasteiger partial charge in [-0.3, -0.25) is 4.79 Å². The summed E-state index contributed by atoms with van der Waals surface area (Å²) in [6.45, 7) is 2.20. The molecule has 0 aliphatic carbocycles. The van der Waals surface area contributed by atoms with Crippen LogP contribution in [0.5, 0.6) is 5.75 Å². The number of Topliss-reactive ketones (excluding diaryl/α,β-unsaturated/α-hetero) is 1. The minimum Gasteiger partial charge on any atom is -0.493 e. The first-order valence-corrected chi connectivity index (χ1v) is 6.40. The van der Waals surface area contributed by atoms with E-state index in [-0.39, 0.29) is 5.78 Å². The minimum atomic E-state index is 0.0636. The van der Waals surface area contributed by atoms with E-state index in [9.17, 15) is 4.79 Å². The number of benzene rings is 1. The molecule has 0 aliphatic rings. The van der Waals surface area contributed by atoms with Crippen LogP contribution in [0.3, 0.4) is 0 Å². The Bertz CT molecular complexity index is 489. The number of ether oxygens (including phenoxy) is 1. The maximum atomic E-state index is 11.2. The van der Waals surface area contributed by atoms with Crippen LogP contribution in [0.4, 0.5) is 0 Å². The molecule has 2 rings (SSSR count). The fourth-order valence-corrected chi connectivity index (χ4v) is 2.22. The molecule has 1 aromatic carbocycles. The van der Waals surface area contributed by atoms with Gasteiger partial charge in [0.05, 0.1) is 6.61 Å². The maximum Gasteiger partial charge on any atom is 0.159 e. The first kappa shape index (κ1) is 11.9. The molecule has 0 N–H and O–H groups in total. The molecule has 0 unspecified atom stereocenters. The van der Waals surface area contributed by atoms with Crippen molar-refractivity contribution in [2.75, 3.05) is 6.61 Å². The molecule has 17 heavy (non-hydrogen) atoms. The molecule has 0 aliphatic heterocycles. The second-order valence-electron chi connectivity index (χ2n) is 3.76. The van der Waals surface area contributed by atoms with E-state index in [4.69, 9.17) is 4.74 Å². The third-order valence-corrected chi connectivity index (χ3v) is 3.37. The van der Waals surface area contributed by atoms with Gasteiger partial charge in [0.1, 0.15) is 5.75 Å². The van der Waals surface area contributed by atoms with Gasteiger partial charge in [-0.25, -0.2) is 0 Å². The average Bonchev–Trinajstić information content (AvgIpc) is 2.82. The average molecular weight is 246 g/mol. The summed E-state index contributed by atoms with van der Waals surface area (Å²) >= 11 is 1.73. The van der Waals surface area contributed by atoms with E-state index in [1.807, 2.05) is 18.2 Å². The van der Waals surface area contributed by atoms with Crippen LogP contribution in [0, 0.1) is 0 Å². The third-order valence-electron chi connectivity index (χ3n) is 2.44. The van der Waals surface area contributed by atoms with Crippen LogP contribution in [0.2, 0.25) is 0 Å². The van der Waals surface area contributed by atoms with E-state index in [2.05, 4.69) is 11.4 Å². The van der Waals surface area contributed by atoms with E-state index in [1.54, 1.807) is 30.4 Å². The molecule has 1 aromatic heterocycles. The maximum absolute atomic E-state index is 11.2. The van der Waals surface area contributed by atoms with E-state index in [0.29, 0.717) is 12.2 Å². The Morgan fingerprint density at radius 2 is 2.18 bits per heavy atom. The molecule has 2 nitrogen and oxygen atoms in total. The number of thiophene rings is 1. The number of hydrogen-bond acceptors (Lipinski definition) is 3. The highest BCUT2D eigenvalue weighted by Crippen LogP contribution is 2.15. The Balaban J connectivity index is 1.90. The topological polar surface area (TPSA) is 26.3 Å². The first-order chi connectivity index (χ1) is 8.25. The van der Waals surface area contributed by atoms with Crippen molar-refractivity contribution in [1.82, 2.24) is 0 Å². The molecule has 1 heterocycles. The fraction of sp³-hybridized carbons (Fsp3) is 0.214. The smallest absolute Gasteiger partial charge is 0.159 e. The van der Waals surface area contributed by atoms with Crippen molar-refractivity contribution in [1.29, 1.82) is 0 Å². The SMILES string of the molecule is CC(=O)c1cccc(OCCc2cccs2)c1. The lowest BCUT2D eigenvalue weighted by molar-refractivity contribution is 0.101. The van der Waals surface area contributed by atoms with Gasteiger partial charge in [0.2, 0.25) is 0 Å². The standard InChI is InChI=1S/C14H14O2S/c1-11(15)12-4-2-5-13(10-12)16-8-7-14-6-3-9-17-14/h2-6,9-10H,7-8H2,1H3. The van der Waals surface area contributed by atoms with E-state index in [0.717, 1.165) is 12.2 Å². The number of hydrogen-bond donors (Lipinski definition) is 0. The summed E-state index contributed by atoms with van der Waals surface area (Å²) < 4.78 is 5.62. The van der Waals surface area contributed by atoms with Crippen molar-refractivity contribution < 1.29 is 9.53 Å². The van der Waals surface area contributed by atoms with Gasteiger partial charge >= 0.3 is 0 Å². The highest BCUT2D eigenvalue weighted by atomic mass is 32.1. The molecule has 0 bridgehead atoms. The van der Waals surface area contributed by atoms with Crippen molar-refractivity contribution in [2.45, 2.75) is 13.3 Å². The lowest BCUT2D eigenvalue weighted by atomic mass is 10.1. The van der Waals surface area contributed by atoms with E-state index < -0.39 is 0 Å². The molecule has 0 spiro atoms. The van der Waals surface area contributed by atoms with E-state index >= 15 is 0 Å². The van der Waals surface area contributed by atoms with Crippen LogP contribution in [-0.2, 0) is 6.42 Å². The zero-order valence-corrected chi connectivity index (χ0v) is 10.5. The quantitative estimate of drug-likeness (QED) is 0.754. The second kappa shape index (κ2) is 5.64. The summed E-state index contributed by atoms with van der Waals surface area (Å²) in [5, 5.41) is 2.06. The Morgan fingerprint density at radius 1 is 1.29 bits per heavy atom. The van der Waals surface area contributed by atoms with Gasteiger partial charge in [-0.05, 0) is 30.5 Å². The summed E-state index contributed by atoms with van der Waals surface area (Å²) in [5.74, 6) is 0.822. The second-order valence-corrected chi connectivity index (χ2v) is 4.79. The Labute approximate surface area is 105 Å². The fourth-order valence-electron chi connectivity index (χ4n) is 1.53. The lowest BCUT2D eigenvalue weighted by Gasteiger charge is -2.06. The van der Waals surface area contributed by atoms with Gasteiger partial charge in [-0.2, -0.15) is 0 Å². The number of ketones is 1. The van der Waals surface area contributed by atoms with E-state index in [1.165, 1.54) is 4.88 Å². The Morgan fingerprint density at radius 3 is 2.88 bits per heavy atom. The highest BCUT2D eigenvalue weighted by molar-refractivity contribution is 7.09. The zero-order valence-electron chi connectivity index (χ0n) is 9.68. The molecule has 3 heteroatoms. The van der Waals surface area contributed by atoms with Gasteiger partial charge in [0, 0.05) is 16.9 Å². The monoisotopic (exact) mass is 246 g/mol. The number of carbonyl (C=O) groups excluding carboxylic acids is 1. The van der Waals surface area contributed by atoms with Crippen LogP contribution < -0.4 is 4.74 Å². The highest BCUT2D eigenvalue weighted by Gasteiger charge is 2.01. The summed E-state index contributed by atoms with van der Waals surface area (Å²) in [6, 6.07) is 11.4. The normalized spacial score (nSPS) is 10.2. The van der Waals surface area contributed by atoms with Crippen molar-refractivity contribution >= 4 is 17.1 Å². The third kappa shape index (κ3) is 3.43. The zero-order chi connectivity index (χ0) is 12.1. The molecule has 2 aromatic rings. The number of carbonyl (C=O) groups is 1. The van der Waals surface area contributed by atoms with Crippen LogP contribution in [-0.4, -0.2) is 12.4 Å². The summed E-state index contributed by atoms with van der Waals surface area (Å²) in [5.41, 5.74) is 0.693. The molecular formula is C14H14O2S. The summed E-state index contributed by atoms with van der Waals surface area (Å²) in [4.78, 5) is 12.5. The molecule has 0 saturated heterocycles. The molecule has 0 fully saturated rings. The predicted molar refractivity (Wildman–Crippen MR) is 70.0 cm³/mol. The molecule has 88 valence electrons. The molecule has 0 amide bonds. The van der Waals surface area contributed by atoms with Gasteiger partial charge in [0.25, 0.3) is 0 Å². The molecular weight excluding hydrogens is 232 g/mol. The van der Waals surface area contributed by atoms with Gasteiger partial charge < -0.3 is 4.74 Å². The van der Waals surface area contributed by atoms with Gasteiger partial charge in [-0.1, -0.05) is 18.2 Å². The van der Waals surface area contributed by atoms with Crippen LogP contribution in [0.15, 0.2) is 41.8 Å². The minimum absolute atomic E-state index is 0.0636. The van der Waals surface area contributed by atoms with Crippen molar-refractivity contribution in [2.24, 2.45) is 0 Å². The largest absolute Gasteiger partial charge is 0.493 e. The van der Waals surface area contributed by atoms with Crippen molar-refractivity contribution in [3.8, 4) is 5.75 Å². The van der Waals surface area contributed by atoms with Gasteiger partial charge in [-0.15, -0.1) is 11.3 Å². The Hall–Kier alpha value is -1.61. The molecule has 0 saturated carbocycles. The van der Waals surface area contributed by atoms with Crippen LogP contribution in [0.1, 0.15) is 22.2 Å². The summed E-state index contributed by atoms with van der Waals surface area (Å²) in [6.07, 6.45) is 0.905. The van der Waals surface area contributed by atoms with Crippen LogP contribution >= 0.6 is 11.3 Å². The van der Waals surface area contributed by atoms with Crippen LogP contribution in [0.25, 0.3) is 0 Å². The van der Waals surface area contributed by atoms with Gasteiger partial charge in [0.15, 0.2) is 5.78 Å². The Kier molecular flexibility index (Phi) is 3.94. The van der Waals surface area contributed by atoms with Crippen molar-refractivity contribution in [3.63, 3.8) is 0 Å². The molecule has 0 radical (unpaired) electrons. The molecule has 0 atom stereocenters. The summed E-state index contributed by atoms with van der Waals surface area (Å²) in [7, 11) is 0. The van der Waals surface area contributed by atoms with Crippen molar-refractivity contribution in [3.05, 3.63) is 52.2 Å². The predicted octanol–water partition coefficient (Wildman–Crippen LogP) is 3.57. The lowest BCUT2D eigenvalue weighted by Crippen LogP contribution is -2.01. The number of rotatable bonds is 5.